The van der Waals surface area contributed by atoms with E-state index in [-0.39, 0.29) is 24.5 Å². The van der Waals surface area contributed by atoms with Crippen LogP contribution in [-0.2, 0) is 19.3 Å². The van der Waals surface area contributed by atoms with E-state index in [2.05, 4.69) is 0 Å². The van der Waals surface area contributed by atoms with E-state index in [1.54, 1.807) is 19.2 Å². The summed E-state index contributed by atoms with van der Waals surface area (Å²) in [5.74, 6) is 0. The Balaban J connectivity index is 0.00000242. The minimum absolute atomic E-state index is 0. The molecule has 0 spiro atoms. The minimum Gasteiger partial charge on any atom is -0.399 e. The third-order valence-corrected chi connectivity index (χ3v) is 3.17. The summed E-state index contributed by atoms with van der Waals surface area (Å²) in [5.41, 5.74) is 7.02. The first kappa shape index (κ1) is 18.3. The zero-order valence-corrected chi connectivity index (χ0v) is 12.9. The van der Waals surface area contributed by atoms with Crippen molar-refractivity contribution in [3.8, 4) is 0 Å². The molecule has 0 aliphatic rings. The monoisotopic (exact) mass is 330 g/mol. The Labute approximate surface area is 134 Å². The molecule has 0 bridgehead atoms. The topological polar surface area (TPSA) is 29.3 Å². The molecule has 0 saturated carbocycles. The van der Waals surface area contributed by atoms with Crippen LogP contribution in [0.15, 0.2) is 48.5 Å². The number of alkyl halides is 3. The zero-order valence-electron chi connectivity index (χ0n) is 12.1. The van der Waals surface area contributed by atoms with Crippen molar-refractivity contribution in [2.24, 2.45) is 0 Å². The van der Waals surface area contributed by atoms with Gasteiger partial charge in [-0.2, -0.15) is 13.2 Å². The molecular weight excluding hydrogens is 313 g/mol. The number of benzene rings is 2. The number of rotatable bonds is 4. The molecule has 0 fully saturated rings. The predicted octanol–water partition coefficient (Wildman–Crippen LogP) is 4.34. The molecule has 0 heterocycles. The van der Waals surface area contributed by atoms with Crippen LogP contribution in [0.2, 0.25) is 0 Å². The number of nitrogen functional groups attached to an aromatic ring is 1. The van der Waals surface area contributed by atoms with Crippen LogP contribution >= 0.6 is 12.4 Å². The van der Waals surface area contributed by atoms with Gasteiger partial charge in [0.05, 0.1) is 5.56 Å². The molecule has 0 amide bonds. The molecule has 120 valence electrons. The highest BCUT2D eigenvalue weighted by Gasteiger charge is 2.32. The van der Waals surface area contributed by atoms with E-state index in [4.69, 9.17) is 5.73 Å². The molecule has 0 aliphatic carbocycles. The summed E-state index contributed by atoms with van der Waals surface area (Å²) in [6.07, 6.45) is -4.32. The molecule has 0 atom stereocenters. The van der Waals surface area contributed by atoms with Gasteiger partial charge in [0.2, 0.25) is 0 Å². The standard InChI is InChI=1S/C16H17F3N2.ClH/c1-21(10-12-5-4-7-14(20)9-12)11-13-6-2-3-8-15(13)16(17,18)19;/h2-9H,10-11,20H2,1H3;1H. The number of halogens is 4. The molecule has 0 radical (unpaired) electrons. The molecule has 0 aromatic heterocycles. The summed E-state index contributed by atoms with van der Waals surface area (Å²) in [6, 6.07) is 13.0. The Bertz CT molecular complexity index is 614. The van der Waals surface area contributed by atoms with Crippen molar-refractivity contribution in [3.05, 3.63) is 65.2 Å². The average Bonchev–Trinajstić information content (AvgIpc) is 2.37. The lowest BCUT2D eigenvalue weighted by Crippen LogP contribution is -2.20. The van der Waals surface area contributed by atoms with Gasteiger partial charge in [0, 0.05) is 18.8 Å². The van der Waals surface area contributed by atoms with Crippen molar-refractivity contribution in [3.63, 3.8) is 0 Å². The van der Waals surface area contributed by atoms with Crippen molar-refractivity contribution >= 4 is 18.1 Å². The van der Waals surface area contributed by atoms with E-state index < -0.39 is 11.7 Å². The van der Waals surface area contributed by atoms with Gasteiger partial charge in [0.15, 0.2) is 0 Å². The lowest BCUT2D eigenvalue weighted by atomic mass is 10.1. The number of nitrogens with zero attached hydrogens (tertiary/aromatic N) is 1. The fourth-order valence-corrected chi connectivity index (χ4v) is 2.28. The van der Waals surface area contributed by atoms with Crippen molar-refractivity contribution < 1.29 is 13.2 Å². The number of hydrogen-bond donors (Lipinski definition) is 1. The molecule has 0 aliphatic heterocycles. The van der Waals surface area contributed by atoms with Gasteiger partial charge in [-0.1, -0.05) is 30.3 Å². The van der Waals surface area contributed by atoms with Crippen LogP contribution in [0.3, 0.4) is 0 Å². The van der Waals surface area contributed by atoms with Crippen LogP contribution in [0.4, 0.5) is 18.9 Å². The first-order valence-electron chi connectivity index (χ1n) is 6.54. The summed E-state index contributed by atoms with van der Waals surface area (Å²) >= 11 is 0. The zero-order chi connectivity index (χ0) is 15.5. The maximum atomic E-state index is 12.9. The van der Waals surface area contributed by atoms with E-state index in [1.165, 1.54) is 12.1 Å². The highest BCUT2D eigenvalue weighted by Crippen LogP contribution is 2.32. The predicted molar refractivity (Wildman–Crippen MR) is 84.7 cm³/mol. The second-order valence-electron chi connectivity index (χ2n) is 5.07. The Morgan fingerprint density at radius 3 is 2.32 bits per heavy atom. The molecular formula is C16H18ClF3N2. The fraction of sp³-hybridized carbons (Fsp3) is 0.250. The third kappa shape index (κ3) is 4.93. The number of hydrogen-bond acceptors (Lipinski definition) is 2. The lowest BCUT2D eigenvalue weighted by Gasteiger charge is -2.20. The van der Waals surface area contributed by atoms with Crippen molar-refractivity contribution in [1.29, 1.82) is 0 Å². The Kier molecular flexibility index (Phi) is 6.26. The average molecular weight is 331 g/mol. The van der Waals surface area contributed by atoms with Gasteiger partial charge < -0.3 is 5.73 Å². The Morgan fingerprint density at radius 1 is 1.00 bits per heavy atom. The minimum atomic E-state index is -4.32. The summed E-state index contributed by atoms with van der Waals surface area (Å²) in [6.45, 7) is 0.766. The van der Waals surface area contributed by atoms with Crippen molar-refractivity contribution in [2.45, 2.75) is 19.3 Å². The normalized spacial score (nSPS) is 11.3. The van der Waals surface area contributed by atoms with Crippen LogP contribution < -0.4 is 5.73 Å². The maximum Gasteiger partial charge on any atom is 0.416 e. The first-order valence-corrected chi connectivity index (χ1v) is 6.54. The van der Waals surface area contributed by atoms with Crippen LogP contribution in [0.5, 0.6) is 0 Å². The molecule has 0 unspecified atom stereocenters. The van der Waals surface area contributed by atoms with E-state index in [0.717, 1.165) is 11.6 Å². The van der Waals surface area contributed by atoms with E-state index in [9.17, 15) is 13.2 Å². The molecule has 6 heteroatoms. The quantitative estimate of drug-likeness (QED) is 0.845. The molecule has 2 rings (SSSR count). The second-order valence-corrected chi connectivity index (χ2v) is 5.07. The molecule has 2 aromatic carbocycles. The maximum absolute atomic E-state index is 12.9. The molecule has 2 nitrogen and oxygen atoms in total. The van der Waals surface area contributed by atoms with Crippen LogP contribution in [0.1, 0.15) is 16.7 Å². The SMILES string of the molecule is CN(Cc1cccc(N)c1)Cc1ccccc1C(F)(F)F.Cl. The molecule has 22 heavy (non-hydrogen) atoms. The highest BCUT2D eigenvalue weighted by atomic mass is 35.5. The second kappa shape index (κ2) is 7.51. The van der Waals surface area contributed by atoms with E-state index >= 15 is 0 Å². The largest absolute Gasteiger partial charge is 0.416 e. The van der Waals surface area contributed by atoms with Crippen LogP contribution in [0, 0.1) is 0 Å². The Morgan fingerprint density at radius 2 is 1.68 bits per heavy atom. The molecule has 2 aromatic rings. The van der Waals surface area contributed by atoms with Crippen molar-refractivity contribution in [1.82, 2.24) is 4.90 Å². The summed E-state index contributed by atoms with van der Waals surface area (Å²) in [4.78, 5) is 1.83. The molecule has 2 N–H and O–H groups in total. The number of nitrogens with two attached hydrogens (primary N) is 1. The van der Waals surface area contributed by atoms with Gasteiger partial charge >= 0.3 is 6.18 Å². The van der Waals surface area contributed by atoms with Crippen molar-refractivity contribution in [2.75, 3.05) is 12.8 Å². The van der Waals surface area contributed by atoms with Gasteiger partial charge in [0.1, 0.15) is 0 Å². The smallest absolute Gasteiger partial charge is 0.399 e. The van der Waals surface area contributed by atoms with Gasteiger partial charge in [-0.3, -0.25) is 4.90 Å². The van der Waals surface area contributed by atoms with Crippen LogP contribution in [-0.4, -0.2) is 11.9 Å². The van der Waals surface area contributed by atoms with E-state index in [0.29, 0.717) is 12.2 Å². The van der Waals surface area contributed by atoms with Crippen LogP contribution in [0.25, 0.3) is 0 Å². The summed E-state index contributed by atoms with van der Waals surface area (Å²) < 4.78 is 38.8. The molecule has 0 saturated heterocycles. The highest BCUT2D eigenvalue weighted by molar-refractivity contribution is 5.85. The van der Waals surface area contributed by atoms with Gasteiger partial charge in [-0.15, -0.1) is 12.4 Å². The van der Waals surface area contributed by atoms with E-state index in [1.807, 2.05) is 23.1 Å². The summed E-state index contributed by atoms with van der Waals surface area (Å²) in [5, 5.41) is 0. The van der Waals surface area contributed by atoms with Gasteiger partial charge in [0.25, 0.3) is 0 Å². The lowest BCUT2D eigenvalue weighted by molar-refractivity contribution is -0.138. The van der Waals surface area contributed by atoms with Gasteiger partial charge in [-0.25, -0.2) is 0 Å². The van der Waals surface area contributed by atoms with Gasteiger partial charge in [-0.05, 0) is 36.4 Å². The first-order chi connectivity index (χ1) is 9.86. The number of anilines is 1. The summed E-state index contributed by atoms with van der Waals surface area (Å²) in [7, 11) is 1.79. The third-order valence-electron chi connectivity index (χ3n) is 3.17. The Hall–Kier alpha value is -1.72. The fourth-order valence-electron chi connectivity index (χ4n) is 2.28.